The van der Waals surface area contributed by atoms with Gasteiger partial charge in [0.05, 0.1) is 0 Å². The van der Waals surface area contributed by atoms with E-state index in [1.54, 1.807) is 0 Å². The molecule has 1 saturated heterocycles. The summed E-state index contributed by atoms with van der Waals surface area (Å²) in [7, 11) is 6.17. The number of nitrogens with zero attached hydrogens (tertiary/aromatic N) is 2. The summed E-state index contributed by atoms with van der Waals surface area (Å²) in [6.45, 7) is 4.31. The molecule has 1 fully saturated rings. The molecule has 0 aliphatic carbocycles. The van der Waals surface area contributed by atoms with Gasteiger partial charge >= 0.3 is 0 Å². The number of likely N-dealkylation sites (N-methyl/N-ethyl adjacent to an activating group) is 2. The predicted octanol–water partition coefficient (Wildman–Crippen LogP) is -0.674. The van der Waals surface area contributed by atoms with E-state index in [0.29, 0.717) is 6.04 Å². The minimum Gasteiger partial charge on any atom is -0.366 e. The van der Waals surface area contributed by atoms with E-state index < -0.39 is 0 Å². The average Bonchev–Trinajstić information content (AvgIpc) is 2.19. The lowest BCUT2D eigenvalue weighted by Gasteiger charge is -2.37. The molecule has 14 heavy (non-hydrogen) atoms. The molecule has 1 heterocycles. The lowest BCUT2D eigenvalue weighted by molar-refractivity contribution is 0.116. The van der Waals surface area contributed by atoms with Gasteiger partial charge in [-0.2, -0.15) is 0 Å². The lowest BCUT2D eigenvalue weighted by atomic mass is 10.2. The Hall–Kier alpha value is -0.390. The van der Waals surface area contributed by atoms with Crippen molar-refractivity contribution in [2.24, 2.45) is 0 Å². The molecule has 1 aliphatic rings. The quantitative estimate of drug-likeness (QED) is 0.598. The van der Waals surface area contributed by atoms with E-state index in [4.69, 9.17) is 12.2 Å². The Morgan fingerprint density at radius 3 is 2.79 bits per heavy atom. The van der Waals surface area contributed by atoms with Crippen LogP contribution >= 0.6 is 12.2 Å². The second-order valence-corrected chi connectivity index (χ2v) is 4.26. The van der Waals surface area contributed by atoms with Gasteiger partial charge in [-0.25, -0.2) is 0 Å². The molecule has 0 saturated carbocycles. The van der Waals surface area contributed by atoms with Crippen LogP contribution in [0.15, 0.2) is 0 Å². The third-order valence-corrected chi connectivity index (χ3v) is 3.05. The van der Waals surface area contributed by atoms with Crippen LogP contribution in [0.1, 0.15) is 0 Å². The van der Waals surface area contributed by atoms with Gasteiger partial charge in [0.1, 0.15) is 0 Å². The SMILES string of the molecule is CNC(=S)NCC1CN(C)CCN1C. The van der Waals surface area contributed by atoms with Gasteiger partial charge < -0.3 is 15.5 Å². The smallest absolute Gasteiger partial charge is 0.166 e. The monoisotopic (exact) mass is 216 g/mol. The standard InChI is InChI=1S/C9H20N4S/c1-10-9(14)11-6-8-7-12(2)4-5-13(8)3/h8H,4-7H2,1-3H3,(H2,10,11,14). The Balaban J connectivity index is 2.30. The fourth-order valence-electron chi connectivity index (χ4n) is 1.62. The van der Waals surface area contributed by atoms with E-state index in [2.05, 4.69) is 34.5 Å². The molecule has 1 rings (SSSR count). The summed E-state index contributed by atoms with van der Waals surface area (Å²) >= 11 is 5.04. The normalized spacial score (nSPS) is 24.6. The molecular weight excluding hydrogens is 196 g/mol. The molecule has 2 N–H and O–H groups in total. The molecule has 4 nitrogen and oxygen atoms in total. The van der Waals surface area contributed by atoms with Crippen molar-refractivity contribution < 1.29 is 0 Å². The van der Waals surface area contributed by atoms with Crippen LogP contribution in [0.5, 0.6) is 0 Å². The minimum atomic E-state index is 0.556. The molecule has 5 heteroatoms. The molecule has 1 atom stereocenters. The Morgan fingerprint density at radius 1 is 1.43 bits per heavy atom. The third-order valence-electron chi connectivity index (χ3n) is 2.71. The van der Waals surface area contributed by atoms with Gasteiger partial charge in [-0.3, -0.25) is 4.90 Å². The van der Waals surface area contributed by atoms with Crippen molar-refractivity contribution in [2.75, 3.05) is 47.3 Å². The second kappa shape index (κ2) is 5.48. The van der Waals surface area contributed by atoms with E-state index in [-0.39, 0.29) is 0 Å². The minimum absolute atomic E-state index is 0.556. The van der Waals surface area contributed by atoms with Crippen LogP contribution in [-0.4, -0.2) is 68.3 Å². The van der Waals surface area contributed by atoms with Crippen molar-refractivity contribution in [1.82, 2.24) is 20.4 Å². The van der Waals surface area contributed by atoms with E-state index in [1.807, 2.05) is 7.05 Å². The molecular formula is C9H20N4S. The first-order valence-electron chi connectivity index (χ1n) is 4.98. The highest BCUT2D eigenvalue weighted by atomic mass is 32.1. The van der Waals surface area contributed by atoms with Crippen molar-refractivity contribution in [3.63, 3.8) is 0 Å². The predicted molar refractivity (Wildman–Crippen MR) is 63.6 cm³/mol. The Bertz CT molecular complexity index is 197. The van der Waals surface area contributed by atoms with Crippen LogP contribution in [0.3, 0.4) is 0 Å². The maximum absolute atomic E-state index is 5.04. The fraction of sp³-hybridized carbons (Fsp3) is 0.889. The van der Waals surface area contributed by atoms with Crippen LogP contribution in [0, 0.1) is 0 Å². The van der Waals surface area contributed by atoms with Crippen LogP contribution < -0.4 is 10.6 Å². The number of rotatable bonds is 2. The molecule has 0 aromatic carbocycles. The molecule has 1 unspecified atom stereocenters. The number of hydrogen-bond donors (Lipinski definition) is 2. The summed E-state index contributed by atoms with van der Waals surface area (Å²) in [5.41, 5.74) is 0. The number of nitrogens with one attached hydrogen (secondary N) is 2. The van der Waals surface area contributed by atoms with Gasteiger partial charge in [0.2, 0.25) is 0 Å². The largest absolute Gasteiger partial charge is 0.366 e. The van der Waals surface area contributed by atoms with Crippen LogP contribution in [0.2, 0.25) is 0 Å². The van der Waals surface area contributed by atoms with E-state index in [9.17, 15) is 0 Å². The highest BCUT2D eigenvalue weighted by Crippen LogP contribution is 2.04. The average molecular weight is 216 g/mol. The zero-order valence-electron chi connectivity index (χ0n) is 9.21. The number of hydrogen-bond acceptors (Lipinski definition) is 3. The van der Waals surface area contributed by atoms with Crippen molar-refractivity contribution in [1.29, 1.82) is 0 Å². The van der Waals surface area contributed by atoms with Crippen molar-refractivity contribution in [3.8, 4) is 0 Å². The maximum atomic E-state index is 5.04. The first-order chi connectivity index (χ1) is 6.63. The van der Waals surface area contributed by atoms with E-state index in [1.165, 1.54) is 0 Å². The summed E-state index contributed by atoms with van der Waals surface area (Å²) in [5, 5.41) is 6.85. The highest BCUT2D eigenvalue weighted by Gasteiger charge is 2.21. The first kappa shape index (κ1) is 11.7. The maximum Gasteiger partial charge on any atom is 0.166 e. The van der Waals surface area contributed by atoms with Crippen molar-refractivity contribution in [2.45, 2.75) is 6.04 Å². The molecule has 0 spiro atoms. The zero-order valence-corrected chi connectivity index (χ0v) is 10.0. The van der Waals surface area contributed by atoms with Crippen LogP contribution in [0.4, 0.5) is 0 Å². The van der Waals surface area contributed by atoms with E-state index in [0.717, 1.165) is 31.3 Å². The molecule has 1 aliphatic heterocycles. The Kier molecular flexibility index (Phi) is 4.57. The molecule has 82 valence electrons. The van der Waals surface area contributed by atoms with E-state index >= 15 is 0 Å². The van der Waals surface area contributed by atoms with Crippen LogP contribution in [0.25, 0.3) is 0 Å². The van der Waals surface area contributed by atoms with Gasteiger partial charge in [0, 0.05) is 39.3 Å². The third kappa shape index (κ3) is 3.40. The van der Waals surface area contributed by atoms with Gasteiger partial charge in [0.25, 0.3) is 0 Å². The van der Waals surface area contributed by atoms with Gasteiger partial charge in [-0.1, -0.05) is 0 Å². The molecule has 0 radical (unpaired) electrons. The summed E-state index contributed by atoms with van der Waals surface area (Å²) < 4.78 is 0. The van der Waals surface area contributed by atoms with Crippen molar-refractivity contribution >= 4 is 17.3 Å². The van der Waals surface area contributed by atoms with Crippen molar-refractivity contribution in [3.05, 3.63) is 0 Å². The fourth-order valence-corrected chi connectivity index (χ4v) is 1.70. The molecule has 0 aromatic heterocycles. The number of piperazine rings is 1. The number of thiocarbonyl (C=S) groups is 1. The summed E-state index contributed by atoms with van der Waals surface area (Å²) in [4.78, 5) is 4.74. The van der Waals surface area contributed by atoms with Gasteiger partial charge in [-0.05, 0) is 26.3 Å². The summed E-state index contributed by atoms with van der Waals surface area (Å²) in [6, 6.07) is 0.556. The van der Waals surface area contributed by atoms with Gasteiger partial charge in [0.15, 0.2) is 5.11 Å². The molecule has 0 aromatic rings. The Labute approximate surface area is 91.6 Å². The lowest BCUT2D eigenvalue weighted by Crippen LogP contribution is -2.55. The zero-order chi connectivity index (χ0) is 10.6. The second-order valence-electron chi connectivity index (χ2n) is 3.86. The van der Waals surface area contributed by atoms with Gasteiger partial charge in [-0.15, -0.1) is 0 Å². The topological polar surface area (TPSA) is 30.5 Å². The van der Waals surface area contributed by atoms with Crippen LogP contribution in [-0.2, 0) is 0 Å². The Morgan fingerprint density at radius 2 is 2.14 bits per heavy atom. The molecule has 0 amide bonds. The highest BCUT2D eigenvalue weighted by molar-refractivity contribution is 7.80. The first-order valence-corrected chi connectivity index (χ1v) is 5.38. The summed E-state index contributed by atoms with van der Waals surface area (Å²) in [5.74, 6) is 0. The summed E-state index contributed by atoms with van der Waals surface area (Å²) in [6.07, 6.45) is 0. The molecule has 0 bridgehead atoms.